The molecule has 0 amide bonds. The van der Waals surface area contributed by atoms with Crippen LogP contribution in [0.5, 0.6) is 0 Å². The van der Waals surface area contributed by atoms with Gasteiger partial charge in [-0.2, -0.15) is 11.8 Å². The van der Waals surface area contributed by atoms with E-state index >= 15 is 0 Å². The summed E-state index contributed by atoms with van der Waals surface area (Å²) in [5, 5.41) is 0. The van der Waals surface area contributed by atoms with Crippen molar-refractivity contribution in [1.82, 2.24) is 0 Å². The Morgan fingerprint density at radius 1 is 1.22 bits per heavy atom. The van der Waals surface area contributed by atoms with Crippen LogP contribution in [0, 0.1) is 5.41 Å². The highest BCUT2D eigenvalue weighted by Gasteiger charge is 2.52. The van der Waals surface area contributed by atoms with E-state index < -0.39 is 9.84 Å². The van der Waals surface area contributed by atoms with Crippen molar-refractivity contribution >= 4 is 21.6 Å². The zero-order chi connectivity index (χ0) is 6.54. The van der Waals surface area contributed by atoms with E-state index in [2.05, 4.69) is 0 Å². The van der Waals surface area contributed by atoms with Crippen LogP contribution in [0.4, 0.5) is 0 Å². The fourth-order valence-corrected chi connectivity index (χ4v) is 5.34. The molecule has 2 heterocycles. The molecule has 0 N–H and O–H groups in total. The Labute approximate surface area is 58.9 Å². The van der Waals surface area contributed by atoms with Crippen LogP contribution in [0.3, 0.4) is 0 Å². The molecule has 2 nitrogen and oxygen atoms in total. The van der Waals surface area contributed by atoms with Gasteiger partial charge in [-0.15, -0.1) is 0 Å². The van der Waals surface area contributed by atoms with Crippen LogP contribution in [-0.4, -0.2) is 31.4 Å². The Balaban J connectivity index is 2.12. The van der Waals surface area contributed by atoms with Gasteiger partial charge < -0.3 is 0 Å². The molecular weight excluding hydrogens is 156 g/mol. The van der Waals surface area contributed by atoms with Gasteiger partial charge in [0.05, 0.1) is 11.5 Å². The number of sulfone groups is 1. The maximum atomic E-state index is 10.7. The van der Waals surface area contributed by atoms with Crippen LogP contribution in [0.2, 0.25) is 0 Å². The van der Waals surface area contributed by atoms with Crippen molar-refractivity contribution in [1.29, 1.82) is 0 Å². The molecule has 2 saturated heterocycles. The summed E-state index contributed by atoms with van der Waals surface area (Å²) >= 11 is 1.86. The third kappa shape index (κ3) is 0.799. The fourth-order valence-electron chi connectivity index (χ4n) is 1.45. The number of hydrogen-bond acceptors (Lipinski definition) is 3. The third-order valence-corrected chi connectivity index (χ3v) is 5.61. The number of hydrogen-bond donors (Lipinski definition) is 0. The zero-order valence-corrected chi connectivity index (χ0v) is 6.59. The molecule has 0 aromatic heterocycles. The summed E-state index contributed by atoms with van der Waals surface area (Å²) in [5.41, 5.74) is 0.253. The van der Waals surface area contributed by atoms with E-state index in [1.54, 1.807) is 0 Å². The Morgan fingerprint density at radius 2 is 1.78 bits per heavy atom. The normalized spacial score (nSPS) is 35.1. The van der Waals surface area contributed by atoms with Crippen molar-refractivity contribution in [3.8, 4) is 0 Å². The monoisotopic (exact) mass is 164 g/mol. The van der Waals surface area contributed by atoms with E-state index in [-0.39, 0.29) is 5.41 Å². The molecule has 2 aliphatic rings. The largest absolute Gasteiger partial charge is 0.229 e. The van der Waals surface area contributed by atoms with E-state index in [1.165, 1.54) is 0 Å². The molecule has 0 unspecified atom stereocenters. The molecule has 0 aromatic carbocycles. The van der Waals surface area contributed by atoms with E-state index in [0.29, 0.717) is 11.5 Å². The van der Waals surface area contributed by atoms with E-state index in [4.69, 9.17) is 0 Å². The average Bonchev–Trinajstić information content (AvgIpc) is 1.54. The summed E-state index contributed by atoms with van der Waals surface area (Å²) in [5.74, 6) is 3.08. The highest BCUT2D eigenvalue weighted by Crippen LogP contribution is 2.46. The van der Waals surface area contributed by atoms with Crippen molar-refractivity contribution < 1.29 is 8.42 Å². The van der Waals surface area contributed by atoms with E-state index in [9.17, 15) is 8.42 Å². The molecule has 0 bridgehead atoms. The second-order valence-electron chi connectivity index (χ2n) is 3.03. The smallest absolute Gasteiger partial charge is 0.151 e. The first kappa shape index (κ1) is 6.04. The Hall–Kier alpha value is 0.300. The summed E-state index contributed by atoms with van der Waals surface area (Å²) in [7, 11) is -2.56. The summed E-state index contributed by atoms with van der Waals surface area (Å²) in [6.45, 7) is 0. The zero-order valence-electron chi connectivity index (χ0n) is 4.96. The maximum absolute atomic E-state index is 10.7. The van der Waals surface area contributed by atoms with Gasteiger partial charge in [0.15, 0.2) is 9.84 Å². The first-order chi connectivity index (χ1) is 4.12. The second-order valence-corrected chi connectivity index (χ2v) is 6.08. The molecule has 1 spiro atoms. The lowest BCUT2D eigenvalue weighted by atomic mass is 9.97. The van der Waals surface area contributed by atoms with Crippen molar-refractivity contribution in [2.75, 3.05) is 23.0 Å². The van der Waals surface area contributed by atoms with Gasteiger partial charge in [0, 0.05) is 16.9 Å². The summed E-state index contributed by atoms with van der Waals surface area (Å²) in [6, 6.07) is 0. The van der Waals surface area contributed by atoms with Gasteiger partial charge in [0.25, 0.3) is 0 Å². The van der Waals surface area contributed by atoms with Crippen LogP contribution in [0.15, 0.2) is 0 Å². The molecule has 9 heavy (non-hydrogen) atoms. The lowest BCUT2D eigenvalue weighted by molar-refractivity contribution is 0.406. The average molecular weight is 164 g/mol. The minimum absolute atomic E-state index is 0.253. The highest BCUT2D eigenvalue weighted by molar-refractivity contribution is 8.01. The van der Waals surface area contributed by atoms with E-state index in [1.807, 2.05) is 11.8 Å². The molecule has 2 aliphatic heterocycles. The Morgan fingerprint density at radius 3 is 1.89 bits per heavy atom. The van der Waals surface area contributed by atoms with Crippen LogP contribution in [-0.2, 0) is 9.84 Å². The van der Waals surface area contributed by atoms with E-state index in [0.717, 1.165) is 11.5 Å². The van der Waals surface area contributed by atoms with Crippen molar-refractivity contribution in [2.24, 2.45) is 5.41 Å². The minimum Gasteiger partial charge on any atom is -0.229 e. The van der Waals surface area contributed by atoms with Gasteiger partial charge in [-0.1, -0.05) is 0 Å². The standard InChI is InChI=1S/C5H8O2S2/c6-9(7)3-5(4-9)1-8-2-5/h1-4H2. The minimum atomic E-state index is -2.56. The lowest BCUT2D eigenvalue weighted by Gasteiger charge is -2.47. The first-order valence-electron chi connectivity index (χ1n) is 2.90. The van der Waals surface area contributed by atoms with Crippen LogP contribution < -0.4 is 0 Å². The van der Waals surface area contributed by atoms with Crippen molar-refractivity contribution in [3.05, 3.63) is 0 Å². The molecule has 0 aromatic rings. The van der Waals surface area contributed by atoms with Crippen LogP contribution in [0.25, 0.3) is 0 Å². The van der Waals surface area contributed by atoms with Crippen molar-refractivity contribution in [2.45, 2.75) is 0 Å². The quantitative estimate of drug-likeness (QED) is 0.511. The first-order valence-corrected chi connectivity index (χ1v) is 5.88. The molecule has 2 rings (SSSR count). The molecule has 2 fully saturated rings. The SMILES string of the molecule is O=S1(=O)CC2(CSC2)C1. The summed E-state index contributed by atoms with van der Waals surface area (Å²) < 4.78 is 21.4. The van der Waals surface area contributed by atoms with Gasteiger partial charge in [-0.25, -0.2) is 8.42 Å². The van der Waals surface area contributed by atoms with Gasteiger partial charge >= 0.3 is 0 Å². The highest BCUT2D eigenvalue weighted by atomic mass is 32.2. The topological polar surface area (TPSA) is 34.1 Å². The molecule has 0 atom stereocenters. The summed E-state index contributed by atoms with van der Waals surface area (Å²) in [6.07, 6.45) is 0. The van der Waals surface area contributed by atoms with Gasteiger partial charge in [-0.05, 0) is 0 Å². The predicted molar refractivity (Wildman–Crippen MR) is 38.4 cm³/mol. The number of rotatable bonds is 0. The fraction of sp³-hybridized carbons (Fsp3) is 1.00. The molecule has 0 saturated carbocycles. The molecular formula is C5H8O2S2. The maximum Gasteiger partial charge on any atom is 0.151 e. The Bertz CT molecular complexity index is 211. The summed E-state index contributed by atoms with van der Waals surface area (Å²) in [4.78, 5) is 0. The van der Waals surface area contributed by atoms with Crippen LogP contribution >= 0.6 is 11.8 Å². The van der Waals surface area contributed by atoms with Gasteiger partial charge in [-0.3, -0.25) is 0 Å². The third-order valence-electron chi connectivity index (χ3n) is 1.87. The molecule has 0 radical (unpaired) electrons. The van der Waals surface area contributed by atoms with Gasteiger partial charge in [0.2, 0.25) is 0 Å². The van der Waals surface area contributed by atoms with Gasteiger partial charge in [0.1, 0.15) is 0 Å². The second kappa shape index (κ2) is 1.48. The lowest BCUT2D eigenvalue weighted by Crippen LogP contribution is -2.56. The molecule has 4 heteroatoms. The predicted octanol–water partition coefficient (Wildman–Crippen LogP) is 0.148. The van der Waals surface area contributed by atoms with Crippen molar-refractivity contribution in [3.63, 3.8) is 0 Å². The molecule has 52 valence electrons. The molecule has 0 aliphatic carbocycles. The van der Waals surface area contributed by atoms with Crippen LogP contribution in [0.1, 0.15) is 0 Å². The Kier molecular flexibility index (Phi) is 0.992. The number of thioether (sulfide) groups is 1.